The van der Waals surface area contributed by atoms with Crippen LogP contribution in [0.2, 0.25) is 0 Å². The third-order valence-electron chi connectivity index (χ3n) is 5.95. The van der Waals surface area contributed by atoms with E-state index in [-0.39, 0.29) is 22.7 Å². The molecule has 0 N–H and O–H groups in total. The van der Waals surface area contributed by atoms with Gasteiger partial charge in [-0.15, -0.1) is 11.8 Å². The first-order chi connectivity index (χ1) is 15.1. The lowest BCUT2D eigenvalue weighted by Gasteiger charge is -2.36. The van der Waals surface area contributed by atoms with Crippen LogP contribution in [0.1, 0.15) is 43.4 Å². The Labute approximate surface area is 190 Å². The van der Waals surface area contributed by atoms with Gasteiger partial charge in [-0.1, -0.05) is 105 Å². The summed E-state index contributed by atoms with van der Waals surface area (Å²) in [4.78, 5) is 12.4. The van der Waals surface area contributed by atoms with Gasteiger partial charge in [0.05, 0.1) is 10.7 Å². The third-order valence-corrected chi connectivity index (χ3v) is 7.62. The van der Waals surface area contributed by atoms with E-state index in [0.717, 1.165) is 18.6 Å². The number of carbonyl (C=O) groups is 1. The van der Waals surface area contributed by atoms with Crippen molar-refractivity contribution in [3.05, 3.63) is 108 Å². The molecule has 0 unspecified atom stereocenters. The summed E-state index contributed by atoms with van der Waals surface area (Å²) in [6, 6.07) is 32.0. The van der Waals surface area contributed by atoms with Crippen molar-refractivity contribution >= 4 is 17.7 Å². The molecule has 3 aromatic rings. The number of cyclic esters (lactones) is 1. The van der Waals surface area contributed by atoms with Crippen molar-refractivity contribution in [3.8, 4) is 0 Å². The highest BCUT2D eigenvalue weighted by Crippen LogP contribution is 2.49. The molecule has 160 valence electrons. The van der Waals surface area contributed by atoms with Crippen molar-refractivity contribution < 1.29 is 9.53 Å². The SMILES string of the molecule is CC(C)C[C@@H]1C[C@H](CSC(c2ccccc2)(c2ccccc2)c2ccccc2)OC1=O. The van der Waals surface area contributed by atoms with E-state index in [2.05, 4.69) is 105 Å². The molecule has 2 nitrogen and oxygen atoms in total. The number of esters is 1. The van der Waals surface area contributed by atoms with E-state index in [1.807, 2.05) is 11.8 Å². The topological polar surface area (TPSA) is 26.3 Å². The summed E-state index contributed by atoms with van der Waals surface area (Å²) in [5.74, 6) is 1.27. The summed E-state index contributed by atoms with van der Waals surface area (Å²) in [6.07, 6.45) is 1.68. The molecular weight excluding hydrogens is 400 g/mol. The fourth-order valence-corrected chi connectivity index (χ4v) is 6.12. The van der Waals surface area contributed by atoms with E-state index in [9.17, 15) is 4.79 Å². The van der Waals surface area contributed by atoms with Crippen LogP contribution < -0.4 is 0 Å². The standard InChI is InChI=1S/C28H30O2S/c1-21(2)18-22-19-26(30-27(22)29)20-31-28(23-12-6-3-7-13-23,24-14-8-4-9-15-24)25-16-10-5-11-17-25/h3-17,21-22,26H,18-20H2,1-2H3/t22-,26-/m1/s1. The van der Waals surface area contributed by atoms with Crippen LogP contribution in [0.25, 0.3) is 0 Å². The Kier molecular flexibility index (Phi) is 6.82. The largest absolute Gasteiger partial charge is 0.461 e. The Bertz CT molecular complexity index is 873. The summed E-state index contributed by atoms with van der Waals surface area (Å²) in [6.45, 7) is 4.33. The van der Waals surface area contributed by atoms with Gasteiger partial charge in [0.15, 0.2) is 0 Å². The zero-order valence-electron chi connectivity index (χ0n) is 18.2. The molecule has 1 heterocycles. The number of rotatable bonds is 8. The lowest BCUT2D eigenvalue weighted by Crippen LogP contribution is -2.28. The molecular formula is C28H30O2S. The van der Waals surface area contributed by atoms with Crippen LogP contribution in [0, 0.1) is 11.8 Å². The van der Waals surface area contributed by atoms with Crippen LogP contribution in [-0.4, -0.2) is 17.8 Å². The summed E-state index contributed by atoms with van der Waals surface area (Å²) in [7, 11) is 0. The van der Waals surface area contributed by atoms with Gasteiger partial charge in [-0.3, -0.25) is 4.79 Å². The molecule has 1 aliphatic heterocycles. The molecule has 3 aromatic carbocycles. The van der Waals surface area contributed by atoms with Gasteiger partial charge in [0.1, 0.15) is 6.10 Å². The molecule has 1 fully saturated rings. The van der Waals surface area contributed by atoms with Crippen LogP contribution >= 0.6 is 11.8 Å². The van der Waals surface area contributed by atoms with E-state index >= 15 is 0 Å². The minimum atomic E-state index is -0.369. The number of carbonyl (C=O) groups excluding carboxylic acids is 1. The average Bonchev–Trinajstić information content (AvgIpc) is 3.15. The summed E-state index contributed by atoms with van der Waals surface area (Å²) >= 11 is 1.87. The summed E-state index contributed by atoms with van der Waals surface area (Å²) in [5.41, 5.74) is 3.71. The summed E-state index contributed by atoms with van der Waals surface area (Å²) < 4.78 is 5.45. The van der Waals surface area contributed by atoms with Gasteiger partial charge in [-0.05, 0) is 35.4 Å². The highest BCUT2D eigenvalue weighted by atomic mass is 32.2. The molecule has 0 spiro atoms. The fraction of sp³-hybridized carbons (Fsp3) is 0.321. The Balaban J connectivity index is 1.70. The Morgan fingerprint density at radius 2 is 1.29 bits per heavy atom. The van der Waals surface area contributed by atoms with Crippen molar-refractivity contribution in [2.75, 3.05) is 5.75 Å². The van der Waals surface area contributed by atoms with Crippen molar-refractivity contribution in [1.29, 1.82) is 0 Å². The molecule has 0 aliphatic carbocycles. The van der Waals surface area contributed by atoms with E-state index < -0.39 is 0 Å². The van der Waals surface area contributed by atoms with Crippen LogP contribution in [0.4, 0.5) is 0 Å². The smallest absolute Gasteiger partial charge is 0.309 e. The van der Waals surface area contributed by atoms with E-state index in [0.29, 0.717) is 5.92 Å². The Hall–Kier alpha value is -2.52. The molecule has 2 atom stereocenters. The second-order valence-corrected chi connectivity index (χ2v) is 9.95. The molecule has 0 saturated carbocycles. The highest BCUT2D eigenvalue weighted by molar-refractivity contribution is 8.00. The zero-order chi connectivity index (χ0) is 21.7. The van der Waals surface area contributed by atoms with E-state index in [4.69, 9.17) is 4.74 Å². The Morgan fingerprint density at radius 1 is 0.839 bits per heavy atom. The van der Waals surface area contributed by atoms with Gasteiger partial charge in [0.2, 0.25) is 0 Å². The molecule has 0 aromatic heterocycles. The molecule has 0 amide bonds. The van der Waals surface area contributed by atoms with Crippen molar-refractivity contribution in [2.45, 2.75) is 37.5 Å². The number of ether oxygens (including phenoxy) is 1. The Morgan fingerprint density at radius 3 is 1.71 bits per heavy atom. The zero-order valence-corrected chi connectivity index (χ0v) is 19.1. The summed E-state index contributed by atoms with van der Waals surface area (Å²) in [5, 5.41) is 0. The second kappa shape index (κ2) is 9.74. The second-order valence-electron chi connectivity index (χ2n) is 8.71. The molecule has 1 saturated heterocycles. The van der Waals surface area contributed by atoms with Crippen LogP contribution in [0.3, 0.4) is 0 Å². The monoisotopic (exact) mass is 430 g/mol. The average molecular weight is 431 g/mol. The maximum Gasteiger partial charge on any atom is 0.309 e. The van der Waals surface area contributed by atoms with Gasteiger partial charge in [-0.2, -0.15) is 0 Å². The lowest BCUT2D eigenvalue weighted by atomic mass is 9.84. The van der Waals surface area contributed by atoms with Crippen molar-refractivity contribution in [3.63, 3.8) is 0 Å². The maximum absolute atomic E-state index is 12.4. The minimum Gasteiger partial charge on any atom is -0.461 e. The number of benzene rings is 3. The molecule has 1 aliphatic rings. The number of thioether (sulfide) groups is 1. The predicted molar refractivity (Wildman–Crippen MR) is 129 cm³/mol. The molecule has 4 rings (SSSR count). The maximum atomic E-state index is 12.4. The van der Waals surface area contributed by atoms with E-state index in [1.165, 1.54) is 16.7 Å². The van der Waals surface area contributed by atoms with Crippen molar-refractivity contribution in [1.82, 2.24) is 0 Å². The van der Waals surface area contributed by atoms with Gasteiger partial charge in [-0.25, -0.2) is 0 Å². The molecule has 3 heteroatoms. The highest BCUT2D eigenvalue weighted by Gasteiger charge is 2.40. The normalized spacial score (nSPS) is 18.9. The number of hydrogen-bond donors (Lipinski definition) is 0. The van der Waals surface area contributed by atoms with Crippen LogP contribution in [0.5, 0.6) is 0 Å². The van der Waals surface area contributed by atoms with Gasteiger partial charge in [0.25, 0.3) is 0 Å². The van der Waals surface area contributed by atoms with Crippen molar-refractivity contribution in [2.24, 2.45) is 11.8 Å². The third kappa shape index (κ3) is 4.72. The van der Waals surface area contributed by atoms with E-state index in [1.54, 1.807) is 0 Å². The van der Waals surface area contributed by atoms with Crippen LogP contribution in [-0.2, 0) is 14.3 Å². The van der Waals surface area contributed by atoms with Gasteiger partial charge < -0.3 is 4.74 Å². The number of hydrogen-bond acceptors (Lipinski definition) is 3. The molecule has 31 heavy (non-hydrogen) atoms. The van der Waals surface area contributed by atoms with Gasteiger partial charge in [0, 0.05) is 5.75 Å². The first kappa shape index (κ1) is 21.7. The fourth-order valence-electron chi connectivity index (χ4n) is 4.57. The van der Waals surface area contributed by atoms with Gasteiger partial charge >= 0.3 is 5.97 Å². The van der Waals surface area contributed by atoms with Crippen LogP contribution in [0.15, 0.2) is 91.0 Å². The minimum absolute atomic E-state index is 0.0240. The first-order valence-electron chi connectivity index (χ1n) is 11.1. The molecule has 0 radical (unpaired) electrons. The first-order valence-corrected chi connectivity index (χ1v) is 12.1. The molecule has 0 bridgehead atoms. The quantitative estimate of drug-likeness (QED) is 0.294. The lowest BCUT2D eigenvalue weighted by molar-refractivity contribution is -0.144. The predicted octanol–water partition coefficient (Wildman–Crippen LogP) is 6.69.